The van der Waals surface area contributed by atoms with Gasteiger partial charge in [0, 0.05) is 26.4 Å². The quantitative estimate of drug-likeness (QED) is 0.826. The van der Waals surface area contributed by atoms with E-state index in [-0.39, 0.29) is 11.9 Å². The molecule has 0 aliphatic carbocycles. The molecule has 17 heavy (non-hydrogen) atoms. The van der Waals surface area contributed by atoms with Crippen LogP contribution >= 0.6 is 43.5 Å². The lowest BCUT2D eigenvalue weighted by atomic mass is 10.2. The van der Waals surface area contributed by atoms with Crippen LogP contribution in [0.15, 0.2) is 21.1 Å². The number of rotatable bonds is 4. The minimum absolute atomic E-state index is 0.0258. The molecule has 1 rings (SSSR count). The number of hydrogen-bond donors (Lipinski definition) is 2. The molecule has 1 amide bonds. The molecule has 0 aliphatic rings. The van der Waals surface area contributed by atoms with E-state index < -0.39 is 0 Å². The first kappa shape index (κ1) is 15.0. The third-order valence-electron chi connectivity index (χ3n) is 2.10. The van der Waals surface area contributed by atoms with Crippen LogP contribution in [-0.4, -0.2) is 11.9 Å². The lowest BCUT2D eigenvalue weighted by Gasteiger charge is -2.11. The minimum atomic E-state index is -0.0639. The predicted octanol–water partition coefficient (Wildman–Crippen LogP) is 3.93. The van der Waals surface area contributed by atoms with Crippen molar-refractivity contribution in [3.63, 3.8) is 0 Å². The molecule has 0 radical (unpaired) electrons. The Morgan fingerprint density at radius 3 is 2.47 bits per heavy atom. The van der Waals surface area contributed by atoms with E-state index >= 15 is 0 Å². The van der Waals surface area contributed by atoms with Crippen LogP contribution in [-0.2, 0) is 4.79 Å². The van der Waals surface area contributed by atoms with Crippen LogP contribution in [0.25, 0.3) is 0 Å². The normalized spacial score (nSPS) is 12.3. The molecule has 6 heteroatoms. The van der Waals surface area contributed by atoms with Gasteiger partial charge in [-0.05, 0) is 57.3 Å². The van der Waals surface area contributed by atoms with Gasteiger partial charge in [0.05, 0.1) is 5.69 Å². The maximum Gasteiger partial charge on any atom is 0.224 e. The number of hydrogen-bond acceptors (Lipinski definition) is 2. The topological polar surface area (TPSA) is 55.1 Å². The maximum atomic E-state index is 11.7. The number of anilines is 1. The largest absolute Gasteiger partial charge is 0.328 e. The summed E-state index contributed by atoms with van der Waals surface area (Å²) in [6.07, 6.45) is 1.06. The summed E-state index contributed by atoms with van der Waals surface area (Å²) >= 11 is 12.6. The van der Waals surface area contributed by atoms with Crippen LogP contribution in [0.4, 0.5) is 5.69 Å². The fourth-order valence-electron chi connectivity index (χ4n) is 1.22. The summed E-state index contributed by atoms with van der Waals surface area (Å²) < 4.78 is 1.48. The van der Waals surface area contributed by atoms with Gasteiger partial charge in [0.2, 0.25) is 5.91 Å². The van der Waals surface area contributed by atoms with Crippen molar-refractivity contribution < 1.29 is 4.79 Å². The maximum absolute atomic E-state index is 11.7. The van der Waals surface area contributed by atoms with Gasteiger partial charge >= 0.3 is 0 Å². The van der Waals surface area contributed by atoms with Gasteiger partial charge in [-0.15, -0.1) is 0 Å². The molecule has 0 saturated heterocycles. The molecule has 94 valence electrons. The zero-order valence-corrected chi connectivity index (χ0v) is 13.2. The molecule has 1 aromatic rings. The fraction of sp³-hybridized carbons (Fsp3) is 0.364. The summed E-state index contributed by atoms with van der Waals surface area (Å²) in [6.45, 7) is 1.88. The predicted molar refractivity (Wildman–Crippen MR) is 78.4 cm³/mol. The van der Waals surface area contributed by atoms with E-state index in [1.807, 2.05) is 6.92 Å². The van der Waals surface area contributed by atoms with E-state index in [1.54, 1.807) is 12.1 Å². The molecule has 0 spiro atoms. The number of nitrogens with two attached hydrogens (primary N) is 1. The highest BCUT2D eigenvalue weighted by Gasteiger charge is 2.11. The Hall–Kier alpha value is -0.100. The van der Waals surface area contributed by atoms with E-state index in [1.165, 1.54) is 0 Å². The molecule has 0 heterocycles. The van der Waals surface area contributed by atoms with E-state index in [9.17, 15) is 4.79 Å². The summed E-state index contributed by atoms with van der Waals surface area (Å²) in [5, 5.41) is 3.41. The molecule has 0 bridgehead atoms. The molecule has 3 nitrogen and oxygen atoms in total. The summed E-state index contributed by atoms with van der Waals surface area (Å²) in [5.74, 6) is -0.0639. The molecule has 3 N–H and O–H groups in total. The second-order valence-corrected chi connectivity index (χ2v) is 5.95. The van der Waals surface area contributed by atoms with Gasteiger partial charge in [0.15, 0.2) is 0 Å². The van der Waals surface area contributed by atoms with Crippen molar-refractivity contribution in [1.29, 1.82) is 0 Å². The molecule has 1 atom stereocenters. The third kappa shape index (κ3) is 4.95. The molecular weight excluding hydrogens is 371 g/mol. The first-order valence-corrected chi connectivity index (χ1v) is 7.06. The molecule has 0 aliphatic heterocycles. The Bertz CT molecular complexity index is 401. The Morgan fingerprint density at radius 2 is 2.00 bits per heavy atom. The van der Waals surface area contributed by atoms with E-state index in [4.69, 9.17) is 17.3 Å². The molecule has 0 aromatic heterocycles. The minimum Gasteiger partial charge on any atom is -0.328 e. The standard InChI is InChI=1S/C11H13Br2ClN2O/c1-6(15)2-3-10(17)16-11-8(12)4-7(14)5-9(11)13/h4-6H,2-3,15H2,1H3,(H,16,17). The molecule has 0 fully saturated rings. The van der Waals surface area contributed by atoms with Gasteiger partial charge in [0.25, 0.3) is 0 Å². The summed E-state index contributed by atoms with van der Waals surface area (Å²) in [6, 6.07) is 3.49. The second-order valence-electron chi connectivity index (χ2n) is 3.81. The highest BCUT2D eigenvalue weighted by Crippen LogP contribution is 2.34. The van der Waals surface area contributed by atoms with Gasteiger partial charge in [-0.2, -0.15) is 0 Å². The first-order chi connectivity index (χ1) is 7.90. The number of nitrogens with one attached hydrogen (secondary N) is 1. The van der Waals surface area contributed by atoms with Crippen molar-refractivity contribution in [2.45, 2.75) is 25.8 Å². The lowest BCUT2D eigenvalue weighted by Crippen LogP contribution is -2.19. The van der Waals surface area contributed by atoms with E-state index in [0.717, 1.165) is 8.95 Å². The molecule has 1 unspecified atom stereocenters. The summed E-state index contributed by atoms with van der Waals surface area (Å²) in [5.41, 5.74) is 6.28. The average Bonchev–Trinajstić information content (AvgIpc) is 2.20. The second kappa shape index (κ2) is 6.73. The summed E-state index contributed by atoms with van der Waals surface area (Å²) in [7, 11) is 0. The van der Waals surface area contributed by atoms with Crippen molar-refractivity contribution in [3.8, 4) is 0 Å². The number of amides is 1. The Balaban J connectivity index is 2.72. The zero-order chi connectivity index (χ0) is 13.0. The van der Waals surface area contributed by atoms with Crippen LogP contribution in [0, 0.1) is 0 Å². The van der Waals surface area contributed by atoms with Crippen molar-refractivity contribution in [2.24, 2.45) is 5.73 Å². The number of carbonyl (C=O) groups excluding carboxylic acids is 1. The van der Waals surface area contributed by atoms with Gasteiger partial charge in [0.1, 0.15) is 0 Å². The van der Waals surface area contributed by atoms with Crippen molar-refractivity contribution in [1.82, 2.24) is 0 Å². The van der Waals surface area contributed by atoms with Crippen molar-refractivity contribution in [3.05, 3.63) is 26.1 Å². The summed E-state index contributed by atoms with van der Waals surface area (Å²) in [4.78, 5) is 11.7. The SMILES string of the molecule is CC(N)CCC(=O)Nc1c(Br)cc(Cl)cc1Br. The number of benzene rings is 1. The van der Waals surface area contributed by atoms with Crippen LogP contribution in [0.2, 0.25) is 5.02 Å². The van der Waals surface area contributed by atoms with Crippen LogP contribution < -0.4 is 11.1 Å². The average molecular weight is 384 g/mol. The highest BCUT2D eigenvalue weighted by atomic mass is 79.9. The Kier molecular flexibility index (Phi) is 5.92. The zero-order valence-electron chi connectivity index (χ0n) is 9.27. The number of carbonyl (C=O) groups is 1. The van der Waals surface area contributed by atoms with E-state index in [2.05, 4.69) is 37.2 Å². The van der Waals surface area contributed by atoms with Gasteiger partial charge in [-0.1, -0.05) is 11.6 Å². The van der Waals surface area contributed by atoms with Crippen LogP contribution in [0.3, 0.4) is 0 Å². The Labute approximate surface area is 122 Å². The van der Waals surface area contributed by atoms with Crippen molar-refractivity contribution >= 4 is 55.1 Å². The van der Waals surface area contributed by atoms with Gasteiger partial charge in [-0.3, -0.25) is 4.79 Å². The Morgan fingerprint density at radius 1 is 1.47 bits per heavy atom. The highest BCUT2D eigenvalue weighted by molar-refractivity contribution is 9.11. The molecule has 0 saturated carbocycles. The molecule has 1 aromatic carbocycles. The van der Waals surface area contributed by atoms with E-state index in [0.29, 0.717) is 23.6 Å². The fourth-order valence-corrected chi connectivity index (χ4v) is 3.09. The van der Waals surface area contributed by atoms with Gasteiger partial charge in [-0.25, -0.2) is 0 Å². The lowest BCUT2D eigenvalue weighted by molar-refractivity contribution is -0.116. The third-order valence-corrected chi connectivity index (χ3v) is 3.57. The number of halogens is 3. The monoisotopic (exact) mass is 382 g/mol. The van der Waals surface area contributed by atoms with Crippen molar-refractivity contribution in [2.75, 3.05) is 5.32 Å². The first-order valence-electron chi connectivity index (χ1n) is 5.10. The smallest absolute Gasteiger partial charge is 0.224 e. The van der Waals surface area contributed by atoms with Gasteiger partial charge < -0.3 is 11.1 Å². The van der Waals surface area contributed by atoms with Crippen LogP contribution in [0.1, 0.15) is 19.8 Å². The van der Waals surface area contributed by atoms with Crippen LogP contribution in [0.5, 0.6) is 0 Å². The molecular formula is C11H13Br2ClN2O.